The Hall–Kier alpha value is -0.287. The topological polar surface area (TPSA) is 0 Å². The maximum atomic E-state index is 3.34. The van der Waals surface area contributed by atoms with Gasteiger partial charge in [-0.2, -0.15) is 12.2 Å². The Balaban J connectivity index is -0.000000131. The predicted octanol–water partition coefficient (Wildman–Crippen LogP) is 2.80. The molecule has 0 fully saturated rings. The van der Waals surface area contributed by atoms with E-state index in [-0.39, 0.29) is 2.85 Å². The van der Waals surface area contributed by atoms with Crippen molar-refractivity contribution < 1.29 is 27.1 Å². The number of allylic oxidation sites excluding steroid dienone is 8. The molecule has 0 unspecified atom stereocenters. The summed E-state index contributed by atoms with van der Waals surface area (Å²) in [5.41, 5.74) is 0. The summed E-state index contributed by atoms with van der Waals surface area (Å²) < 4.78 is 3.34. The molecule has 0 heterocycles. The van der Waals surface area contributed by atoms with Gasteiger partial charge in [0.05, 0.1) is 0 Å². The Morgan fingerprint density at radius 3 is 1.50 bits per heavy atom. The molecule has 0 aromatic carbocycles. The molecule has 0 spiro atoms. The minimum absolute atomic E-state index is 0. The third-order valence-corrected chi connectivity index (χ3v) is 1.17. The third-order valence-electron chi connectivity index (χ3n) is 1.17. The SMILES string of the molecule is [C-]1=CC=CC1.[C-]1=CC=CC1.[CH2]=[Zr+2].[H-].[H-]. The van der Waals surface area contributed by atoms with Gasteiger partial charge in [-0.25, -0.2) is 24.3 Å². The smallest absolute Gasteiger partial charge is 1.00 e. The van der Waals surface area contributed by atoms with Crippen LogP contribution in [-0.4, -0.2) is 4.21 Å². The fourth-order valence-electron chi connectivity index (χ4n) is 0.680. The minimum atomic E-state index is 0. The summed E-state index contributed by atoms with van der Waals surface area (Å²) in [5.74, 6) is 0. The van der Waals surface area contributed by atoms with Gasteiger partial charge in [0.2, 0.25) is 0 Å². The van der Waals surface area contributed by atoms with Crippen LogP contribution in [0.15, 0.2) is 36.5 Å². The normalized spacial score (nSPS) is 15.2. The van der Waals surface area contributed by atoms with E-state index in [4.69, 9.17) is 0 Å². The number of rotatable bonds is 0. The van der Waals surface area contributed by atoms with Crippen LogP contribution in [0, 0.1) is 12.2 Å². The van der Waals surface area contributed by atoms with E-state index in [2.05, 4.69) is 28.5 Å². The Labute approximate surface area is 92.7 Å². The minimum Gasteiger partial charge on any atom is -1.00 e. The van der Waals surface area contributed by atoms with Crippen molar-refractivity contribution in [2.75, 3.05) is 0 Å². The van der Waals surface area contributed by atoms with E-state index in [9.17, 15) is 0 Å². The number of hydrogen-bond donors (Lipinski definition) is 0. The van der Waals surface area contributed by atoms with Crippen LogP contribution in [0.2, 0.25) is 0 Å². The molecule has 0 radical (unpaired) electrons. The first-order valence-electron chi connectivity index (χ1n) is 3.79. The van der Waals surface area contributed by atoms with E-state index in [0.29, 0.717) is 0 Å². The average Bonchev–Trinajstić information content (AvgIpc) is 2.87. The van der Waals surface area contributed by atoms with Gasteiger partial charge in [-0.05, 0) is 0 Å². The monoisotopic (exact) mass is 236 g/mol. The summed E-state index contributed by atoms with van der Waals surface area (Å²) in [4.78, 5) is 0. The maximum absolute atomic E-state index is 3.34. The second kappa shape index (κ2) is 10.7. The maximum Gasteiger partial charge on any atom is -1.00 e. The summed E-state index contributed by atoms with van der Waals surface area (Å²) in [5, 5.41) is 0. The summed E-state index contributed by atoms with van der Waals surface area (Å²) in [6.45, 7) is 0. The van der Waals surface area contributed by atoms with E-state index in [1.165, 1.54) is 24.2 Å². The van der Waals surface area contributed by atoms with Gasteiger partial charge in [0.1, 0.15) is 0 Å². The van der Waals surface area contributed by atoms with Crippen molar-refractivity contribution in [3.8, 4) is 0 Å². The summed E-state index contributed by atoms with van der Waals surface area (Å²) >= 11 is 1.30. The van der Waals surface area contributed by atoms with Gasteiger partial charge in [-0.3, -0.25) is 12.2 Å². The van der Waals surface area contributed by atoms with Crippen LogP contribution in [0.4, 0.5) is 0 Å². The molecule has 2 rings (SSSR count). The van der Waals surface area contributed by atoms with Crippen molar-refractivity contribution in [1.29, 1.82) is 0 Å². The van der Waals surface area contributed by atoms with E-state index in [0.717, 1.165) is 12.8 Å². The zero-order chi connectivity index (χ0) is 9.07. The zero-order valence-electron chi connectivity index (χ0n) is 9.09. The van der Waals surface area contributed by atoms with Gasteiger partial charge < -0.3 is 2.85 Å². The fourth-order valence-corrected chi connectivity index (χ4v) is 0.680. The summed E-state index contributed by atoms with van der Waals surface area (Å²) in [6.07, 6.45) is 20.0. The number of hydrogen-bond acceptors (Lipinski definition) is 0. The van der Waals surface area contributed by atoms with Gasteiger partial charge in [0.15, 0.2) is 0 Å². The van der Waals surface area contributed by atoms with Crippen LogP contribution in [0.3, 0.4) is 0 Å². The molecule has 12 heavy (non-hydrogen) atoms. The van der Waals surface area contributed by atoms with Crippen molar-refractivity contribution in [2.24, 2.45) is 0 Å². The zero-order valence-corrected chi connectivity index (χ0v) is 9.54. The van der Waals surface area contributed by atoms with Crippen LogP contribution < -0.4 is 0 Å². The molecule has 0 saturated heterocycles. The van der Waals surface area contributed by atoms with Gasteiger partial charge in [-0.15, -0.1) is 12.8 Å². The van der Waals surface area contributed by atoms with E-state index in [1.807, 2.05) is 24.3 Å². The van der Waals surface area contributed by atoms with Crippen LogP contribution in [0.5, 0.6) is 0 Å². The Kier molecular flexibility index (Phi) is 10.5. The molecule has 0 aliphatic heterocycles. The van der Waals surface area contributed by atoms with Crippen molar-refractivity contribution in [3.63, 3.8) is 0 Å². The van der Waals surface area contributed by atoms with Gasteiger partial charge in [-0.1, -0.05) is 0 Å². The molecular formula is C11H14Zr-2. The Morgan fingerprint density at radius 1 is 1.00 bits per heavy atom. The van der Waals surface area contributed by atoms with E-state index >= 15 is 0 Å². The van der Waals surface area contributed by atoms with Gasteiger partial charge >= 0.3 is 28.4 Å². The van der Waals surface area contributed by atoms with Crippen LogP contribution in [0.25, 0.3) is 0 Å². The molecule has 0 nitrogen and oxygen atoms in total. The Bertz CT molecular complexity index is 163. The molecule has 0 aromatic heterocycles. The quantitative estimate of drug-likeness (QED) is 0.568. The molecule has 1 heteroatoms. The average molecular weight is 237 g/mol. The van der Waals surface area contributed by atoms with Crippen LogP contribution >= 0.6 is 0 Å². The van der Waals surface area contributed by atoms with Crippen molar-refractivity contribution >= 4 is 4.21 Å². The molecule has 0 amide bonds. The molecule has 2 aliphatic rings. The van der Waals surface area contributed by atoms with E-state index in [1.54, 1.807) is 0 Å². The molecule has 0 aromatic rings. The molecular weight excluding hydrogens is 223 g/mol. The molecule has 0 bridgehead atoms. The first-order valence-corrected chi connectivity index (χ1v) is 5.53. The van der Waals surface area contributed by atoms with Gasteiger partial charge in [0, 0.05) is 0 Å². The first-order chi connectivity index (χ1) is 6.00. The van der Waals surface area contributed by atoms with E-state index < -0.39 is 0 Å². The first kappa shape index (κ1) is 11.7. The largest absolute Gasteiger partial charge is 1.00 e. The van der Waals surface area contributed by atoms with Gasteiger partial charge in [0.25, 0.3) is 0 Å². The third kappa shape index (κ3) is 7.82. The molecule has 64 valence electrons. The summed E-state index contributed by atoms with van der Waals surface area (Å²) in [6, 6.07) is 0. The fraction of sp³-hybridized carbons (Fsp3) is 0.182. The molecule has 0 saturated carbocycles. The van der Waals surface area contributed by atoms with Crippen LogP contribution in [-0.2, 0) is 24.2 Å². The molecule has 0 atom stereocenters. The molecule has 0 N–H and O–H groups in total. The summed E-state index contributed by atoms with van der Waals surface area (Å²) in [7, 11) is 0. The van der Waals surface area contributed by atoms with Crippen LogP contribution in [0.1, 0.15) is 15.7 Å². The Morgan fingerprint density at radius 2 is 1.42 bits per heavy atom. The second-order valence-corrected chi connectivity index (χ2v) is 2.01. The van der Waals surface area contributed by atoms with Crippen molar-refractivity contribution in [1.82, 2.24) is 0 Å². The molecule has 2 aliphatic carbocycles. The predicted molar refractivity (Wildman–Crippen MR) is 52.5 cm³/mol. The standard InChI is InChI=1S/2C5H5.CH2.Zr.2H/c2*1-2-4-5-3-1;;;;/h2*1-3H,4H2;1H2;;;/q2*-1;;+2;2*-1. The van der Waals surface area contributed by atoms with Crippen molar-refractivity contribution in [2.45, 2.75) is 12.8 Å². The second-order valence-electron chi connectivity index (χ2n) is 2.01. The van der Waals surface area contributed by atoms with Crippen molar-refractivity contribution in [3.05, 3.63) is 48.6 Å².